The molecular weight excluding hydrogens is 160 g/mol. The Labute approximate surface area is 79.0 Å². The number of imidazole rings is 1. The SMILES string of the molecule is C#Cn1ccnc1C1CCCCC1. The van der Waals surface area contributed by atoms with Gasteiger partial charge in [0.15, 0.2) is 0 Å². The molecule has 0 bridgehead atoms. The third-order valence-electron chi connectivity index (χ3n) is 2.78. The Morgan fingerprint density at radius 3 is 2.85 bits per heavy atom. The van der Waals surface area contributed by atoms with Gasteiger partial charge in [0.05, 0.1) is 0 Å². The van der Waals surface area contributed by atoms with Gasteiger partial charge in [0.25, 0.3) is 0 Å². The van der Waals surface area contributed by atoms with Crippen molar-refractivity contribution in [3.8, 4) is 12.5 Å². The van der Waals surface area contributed by atoms with Crippen LogP contribution in [-0.2, 0) is 0 Å². The van der Waals surface area contributed by atoms with E-state index in [1.807, 2.05) is 10.8 Å². The number of hydrogen-bond donors (Lipinski definition) is 0. The fraction of sp³-hybridized carbons (Fsp3) is 0.545. The molecule has 68 valence electrons. The van der Waals surface area contributed by atoms with Crippen LogP contribution < -0.4 is 0 Å². The Bertz CT molecular complexity index is 313. The lowest BCUT2D eigenvalue weighted by molar-refractivity contribution is 0.426. The Balaban J connectivity index is 2.19. The maximum Gasteiger partial charge on any atom is 0.123 e. The maximum atomic E-state index is 5.37. The third-order valence-corrected chi connectivity index (χ3v) is 2.78. The van der Waals surface area contributed by atoms with E-state index in [0.717, 1.165) is 5.82 Å². The van der Waals surface area contributed by atoms with Crippen LogP contribution in [-0.4, -0.2) is 9.55 Å². The topological polar surface area (TPSA) is 17.8 Å². The Morgan fingerprint density at radius 1 is 1.38 bits per heavy atom. The minimum atomic E-state index is 0.597. The van der Waals surface area contributed by atoms with Crippen molar-refractivity contribution in [2.45, 2.75) is 38.0 Å². The fourth-order valence-corrected chi connectivity index (χ4v) is 2.09. The number of hydrogen-bond acceptors (Lipinski definition) is 1. The smallest absolute Gasteiger partial charge is 0.123 e. The van der Waals surface area contributed by atoms with Crippen molar-refractivity contribution in [3.63, 3.8) is 0 Å². The zero-order valence-corrected chi connectivity index (χ0v) is 7.74. The van der Waals surface area contributed by atoms with E-state index >= 15 is 0 Å². The van der Waals surface area contributed by atoms with E-state index in [1.54, 1.807) is 6.20 Å². The molecule has 0 unspecified atom stereocenters. The van der Waals surface area contributed by atoms with Crippen LogP contribution in [0, 0.1) is 12.5 Å². The molecule has 2 nitrogen and oxygen atoms in total. The van der Waals surface area contributed by atoms with Crippen LogP contribution in [0.15, 0.2) is 12.4 Å². The summed E-state index contributed by atoms with van der Waals surface area (Å²) < 4.78 is 1.82. The molecule has 1 heterocycles. The summed E-state index contributed by atoms with van der Waals surface area (Å²) in [4.78, 5) is 4.33. The van der Waals surface area contributed by atoms with E-state index in [-0.39, 0.29) is 0 Å². The summed E-state index contributed by atoms with van der Waals surface area (Å²) in [5.74, 6) is 1.68. The molecule has 2 rings (SSSR count). The first-order valence-corrected chi connectivity index (χ1v) is 4.91. The lowest BCUT2D eigenvalue weighted by Crippen LogP contribution is -2.09. The van der Waals surface area contributed by atoms with Crippen LogP contribution >= 0.6 is 0 Å². The summed E-state index contributed by atoms with van der Waals surface area (Å²) in [6.07, 6.45) is 15.5. The monoisotopic (exact) mass is 174 g/mol. The maximum absolute atomic E-state index is 5.37. The van der Waals surface area contributed by atoms with Crippen molar-refractivity contribution in [2.75, 3.05) is 0 Å². The second-order valence-electron chi connectivity index (χ2n) is 3.62. The second-order valence-corrected chi connectivity index (χ2v) is 3.62. The molecule has 1 aromatic rings. The summed E-state index contributed by atoms with van der Waals surface area (Å²) in [5.41, 5.74) is 0. The van der Waals surface area contributed by atoms with Gasteiger partial charge in [-0.3, -0.25) is 4.57 Å². The van der Waals surface area contributed by atoms with Gasteiger partial charge in [-0.1, -0.05) is 25.7 Å². The standard InChI is InChI=1S/C11H14N2/c1-2-13-9-8-12-11(13)10-6-4-3-5-7-10/h1,8-10H,3-7H2. The second kappa shape index (κ2) is 3.66. The molecule has 2 heteroatoms. The Kier molecular flexibility index (Phi) is 2.35. The van der Waals surface area contributed by atoms with E-state index in [0.29, 0.717) is 5.92 Å². The van der Waals surface area contributed by atoms with Crippen LogP contribution in [0.4, 0.5) is 0 Å². The minimum absolute atomic E-state index is 0.597. The van der Waals surface area contributed by atoms with Gasteiger partial charge in [0.1, 0.15) is 5.82 Å². The lowest BCUT2D eigenvalue weighted by Gasteiger charge is -2.20. The Hall–Kier alpha value is -1.23. The van der Waals surface area contributed by atoms with E-state index < -0.39 is 0 Å². The molecule has 0 saturated heterocycles. The molecule has 0 N–H and O–H groups in total. The Morgan fingerprint density at radius 2 is 2.15 bits per heavy atom. The molecule has 13 heavy (non-hydrogen) atoms. The zero-order chi connectivity index (χ0) is 9.10. The third kappa shape index (κ3) is 1.60. The summed E-state index contributed by atoms with van der Waals surface area (Å²) >= 11 is 0. The van der Waals surface area contributed by atoms with E-state index in [4.69, 9.17) is 6.42 Å². The lowest BCUT2D eigenvalue weighted by atomic mass is 9.89. The first kappa shape index (κ1) is 8.37. The van der Waals surface area contributed by atoms with Gasteiger partial charge in [-0.25, -0.2) is 4.98 Å². The number of nitrogens with zero attached hydrogens (tertiary/aromatic N) is 2. The largest absolute Gasteiger partial charge is 0.262 e. The van der Waals surface area contributed by atoms with Crippen molar-refractivity contribution in [1.82, 2.24) is 9.55 Å². The molecular formula is C11H14N2. The molecule has 1 aromatic heterocycles. The molecule has 0 aliphatic heterocycles. The molecule has 0 aromatic carbocycles. The van der Waals surface area contributed by atoms with Gasteiger partial charge in [0.2, 0.25) is 0 Å². The van der Waals surface area contributed by atoms with Gasteiger partial charge in [-0.05, 0) is 12.8 Å². The van der Waals surface area contributed by atoms with Crippen LogP contribution in [0.2, 0.25) is 0 Å². The van der Waals surface area contributed by atoms with Crippen LogP contribution in [0.3, 0.4) is 0 Å². The first-order valence-electron chi connectivity index (χ1n) is 4.91. The molecule has 0 atom stereocenters. The molecule has 1 aliphatic rings. The van der Waals surface area contributed by atoms with Gasteiger partial charge in [-0.2, -0.15) is 0 Å². The van der Waals surface area contributed by atoms with Crippen molar-refractivity contribution < 1.29 is 0 Å². The number of aromatic nitrogens is 2. The van der Waals surface area contributed by atoms with E-state index in [2.05, 4.69) is 11.0 Å². The van der Waals surface area contributed by atoms with Gasteiger partial charge in [-0.15, -0.1) is 0 Å². The summed E-state index contributed by atoms with van der Waals surface area (Å²) in [6.45, 7) is 0. The number of rotatable bonds is 1. The van der Waals surface area contributed by atoms with Gasteiger partial charge >= 0.3 is 0 Å². The molecule has 0 amide bonds. The van der Waals surface area contributed by atoms with Gasteiger partial charge in [0, 0.05) is 24.4 Å². The van der Waals surface area contributed by atoms with Crippen molar-refractivity contribution >= 4 is 0 Å². The predicted octanol–water partition coefficient (Wildman–Crippen LogP) is 2.37. The predicted molar refractivity (Wildman–Crippen MR) is 52.3 cm³/mol. The molecule has 0 radical (unpaired) electrons. The first-order chi connectivity index (χ1) is 6.42. The van der Waals surface area contributed by atoms with Crippen molar-refractivity contribution in [1.29, 1.82) is 0 Å². The van der Waals surface area contributed by atoms with E-state index in [9.17, 15) is 0 Å². The van der Waals surface area contributed by atoms with E-state index in [1.165, 1.54) is 32.1 Å². The summed E-state index contributed by atoms with van der Waals surface area (Å²) in [5, 5.41) is 0. The number of terminal acetylenes is 1. The average molecular weight is 174 g/mol. The van der Waals surface area contributed by atoms with Crippen LogP contribution in [0.1, 0.15) is 43.8 Å². The highest BCUT2D eigenvalue weighted by Gasteiger charge is 2.19. The normalized spacial score (nSPS) is 18.4. The minimum Gasteiger partial charge on any atom is -0.262 e. The quantitative estimate of drug-likeness (QED) is 0.598. The van der Waals surface area contributed by atoms with Crippen LogP contribution in [0.5, 0.6) is 0 Å². The highest BCUT2D eigenvalue weighted by Crippen LogP contribution is 2.31. The fourth-order valence-electron chi connectivity index (χ4n) is 2.09. The summed E-state index contributed by atoms with van der Waals surface area (Å²) in [7, 11) is 0. The molecule has 1 saturated carbocycles. The summed E-state index contributed by atoms with van der Waals surface area (Å²) in [6, 6.07) is 2.63. The van der Waals surface area contributed by atoms with Crippen molar-refractivity contribution in [3.05, 3.63) is 18.2 Å². The highest BCUT2D eigenvalue weighted by molar-refractivity contribution is 5.09. The average Bonchev–Trinajstić information content (AvgIpc) is 2.67. The zero-order valence-electron chi connectivity index (χ0n) is 7.74. The van der Waals surface area contributed by atoms with Crippen LogP contribution in [0.25, 0.3) is 0 Å². The molecule has 1 fully saturated rings. The molecule has 0 spiro atoms. The van der Waals surface area contributed by atoms with Gasteiger partial charge < -0.3 is 0 Å². The molecule has 1 aliphatic carbocycles. The highest BCUT2D eigenvalue weighted by atomic mass is 15.0. The van der Waals surface area contributed by atoms with Crippen molar-refractivity contribution in [2.24, 2.45) is 0 Å².